The first-order valence-electron chi connectivity index (χ1n) is 15.4. The number of halogens is 3. The van der Waals surface area contributed by atoms with E-state index in [1.54, 1.807) is 6.07 Å². The van der Waals surface area contributed by atoms with E-state index in [1.807, 2.05) is 4.90 Å². The van der Waals surface area contributed by atoms with Crippen molar-refractivity contribution in [2.45, 2.75) is 49.1 Å². The molecule has 3 aromatic carbocycles. The molecule has 0 radical (unpaired) electrons. The van der Waals surface area contributed by atoms with Crippen LogP contribution in [0.25, 0.3) is 32.8 Å². The Bertz CT molecular complexity index is 2030. The van der Waals surface area contributed by atoms with Crippen molar-refractivity contribution in [3.8, 4) is 35.2 Å². The van der Waals surface area contributed by atoms with Crippen molar-refractivity contribution in [2.75, 3.05) is 43.9 Å². The van der Waals surface area contributed by atoms with Crippen molar-refractivity contribution in [1.82, 2.24) is 14.9 Å². The molecule has 1 aromatic heterocycles. The van der Waals surface area contributed by atoms with E-state index in [0.717, 1.165) is 19.4 Å². The second-order valence-electron chi connectivity index (χ2n) is 12.7. The average molecular weight is 651 g/mol. The molecule has 7 rings (SSSR count). The number of hydrogen-bond acceptors (Lipinski definition) is 8. The molecule has 4 heterocycles. The predicted molar refractivity (Wildman–Crippen MR) is 171 cm³/mol. The Morgan fingerprint density at radius 1 is 1.11 bits per heavy atom. The Hall–Kier alpha value is -4.08. The van der Waals surface area contributed by atoms with E-state index in [2.05, 4.69) is 15.8 Å². The second-order valence-corrected chi connectivity index (χ2v) is 15.0. The number of anilines is 1. The minimum Gasteiger partial charge on any atom is -0.508 e. The largest absolute Gasteiger partial charge is 0.508 e. The van der Waals surface area contributed by atoms with E-state index in [4.69, 9.17) is 16.1 Å². The molecule has 0 unspecified atom stereocenters. The monoisotopic (exact) mass is 650 g/mol. The first-order chi connectivity index (χ1) is 22.0. The van der Waals surface area contributed by atoms with Crippen LogP contribution in [0.5, 0.6) is 11.8 Å². The molecule has 3 fully saturated rings. The lowest BCUT2D eigenvalue weighted by atomic mass is 9.93. The number of sulfone groups is 1. The van der Waals surface area contributed by atoms with Crippen molar-refractivity contribution >= 4 is 37.3 Å². The number of nitrogens with zero attached hydrogens (tertiary/aromatic N) is 4. The first kappa shape index (κ1) is 30.6. The Balaban J connectivity index is 1.36. The van der Waals surface area contributed by atoms with Gasteiger partial charge in [-0.2, -0.15) is 9.97 Å². The van der Waals surface area contributed by atoms with E-state index < -0.39 is 38.4 Å². The number of piperidine rings is 1. The quantitative estimate of drug-likeness (QED) is 0.278. The molecule has 3 aliphatic heterocycles. The molecule has 2 atom stereocenters. The Morgan fingerprint density at radius 2 is 1.89 bits per heavy atom. The average Bonchev–Trinajstić information content (AvgIpc) is 3.55. The van der Waals surface area contributed by atoms with Crippen LogP contribution in [-0.4, -0.2) is 84.4 Å². The van der Waals surface area contributed by atoms with Crippen LogP contribution in [0.15, 0.2) is 36.4 Å². The number of ether oxygens (including phenoxy) is 1. The van der Waals surface area contributed by atoms with Gasteiger partial charge in [-0.15, -0.1) is 6.42 Å². The van der Waals surface area contributed by atoms with Crippen LogP contribution >= 0.6 is 0 Å². The number of phenols is 1. The van der Waals surface area contributed by atoms with E-state index >= 15 is 4.39 Å². The molecule has 240 valence electrons. The number of hydrogen-bond donors (Lipinski definition) is 1. The normalized spacial score (nSPS) is 22.4. The Labute approximate surface area is 265 Å². The fourth-order valence-corrected chi connectivity index (χ4v) is 8.63. The first-order valence-corrected chi connectivity index (χ1v) is 17.3. The minimum absolute atomic E-state index is 0.0403. The highest BCUT2D eigenvalue weighted by atomic mass is 32.2. The van der Waals surface area contributed by atoms with Crippen LogP contribution in [0, 0.1) is 24.0 Å². The van der Waals surface area contributed by atoms with Gasteiger partial charge in [0.15, 0.2) is 5.82 Å². The maximum absolute atomic E-state index is 16.8. The lowest BCUT2D eigenvalue weighted by Gasteiger charge is -2.33. The molecule has 12 heteroatoms. The highest BCUT2D eigenvalue weighted by Crippen LogP contribution is 2.42. The Morgan fingerprint density at radius 3 is 2.63 bits per heavy atom. The van der Waals surface area contributed by atoms with Gasteiger partial charge in [-0.25, -0.2) is 21.6 Å². The summed E-state index contributed by atoms with van der Waals surface area (Å²) < 4.78 is 76.6. The number of fused-ring (bicyclic) bond motifs is 3. The van der Waals surface area contributed by atoms with Crippen molar-refractivity contribution in [3.63, 3.8) is 0 Å². The third-order valence-electron chi connectivity index (χ3n) is 9.83. The fraction of sp³-hybridized carbons (Fsp3) is 0.412. The third-order valence-corrected chi connectivity index (χ3v) is 11.5. The van der Waals surface area contributed by atoms with Gasteiger partial charge in [-0.3, -0.25) is 4.90 Å². The molecule has 0 aliphatic carbocycles. The van der Waals surface area contributed by atoms with Gasteiger partial charge in [0, 0.05) is 48.6 Å². The van der Waals surface area contributed by atoms with Crippen molar-refractivity contribution in [1.29, 1.82) is 0 Å². The molecule has 3 aliphatic rings. The molecule has 8 nitrogen and oxygen atoms in total. The molecule has 4 aromatic rings. The zero-order valence-electron chi connectivity index (χ0n) is 25.3. The summed E-state index contributed by atoms with van der Waals surface area (Å²) in [7, 11) is -3.23. The number of aromatic nitrogens is 2. The Kier molecular flexibility index (Phi) is 7.52. The molecule has 46 heavy (non-hydrogen) atoms. The molecule has 0 saturated carbocycles. The molecule has 0 bridgehead atoms. The smallest absolute Gasteiger partial charge is 0.319 e. The van der Waals surface area contributed by atoms with E-state index in [0.29, 0.717) is 55.5 Å². The number of terminal acetylenes is 1. The number of benzene rings is 3. The zero-order chi connectivity index (χ0) is 32.4. The number of alkyl halides is 1. The maximum Gasteiger partial charge on any atom is 0.319 e. The van der Waals surface area contributed by atoms with Crippen LogP contribution in [0.3, 0.4) is 0 Å². The van der Waals surface area contributed by atoms with Crippen LogP contribution < -0.4 is 9.64 Å². The molecule has 1 N–H and O–H groups in total. The maximum atomic E-state index is 16.8. The third kappa shape index (κ3) is 5.19. The highest BCUT2D eigenvalue weighted by Gasteiger charge is 2.49. The summed E-state index contributed by atoms with van der Waals surface area (Å²) in [5.41, 5.74) is -0.371. The number of rotatable bonds is 6. The summed E-state index contributed by atoms with van der Waals surface area (Å²) in [4.78, 5) is 13.2. The fourth-order valence-electron chi connectivity index (χ4n) is 7.56. The van der Waals surface area contributed by atoms with Crippen molar-refractivity contribution < 1.29 is 31.4 Å². The molecular weight excluding hydrogens is 617 g/mol. The summed E-state index contributed by atoms with van der Waals surface area (Å²) in [5.74, 6) is 1.20. The van der Waals surface area contributed by atoms with E-state index in [9.17, 15) is 22.3 Å². The summed E-state index contributed by atoms with van der Waals surface area (Å²) in [5, 5.41) is 11.1. The van der Waals surface area contributed by atoms with Crippen LogP contribution in [0.2, 0.25) is 0 Å². The standard InChI is InChI=1S/C34H33F3N4O4S/c1-3-24-28(36)8-5-20-15-22(42)16-27(29(20)24)25-6-7-26-31(30(25)37)38-33(45-19-34-11-4-12-41(34)18-21(35)17-34)39-32(26)40-13-9-23(10-14-40)46(2,43)44/h1,5-8,15-16,21,23,42H,4,9-14,17-19H2,2H3/t21-,34+/m1/s1. The van der Waals surface area contributed by atoms with Gasteiger partial charge < -0.3 is 14.7 Å². The molecule has 0 spiro atoms. The summed E-state index contributed by atoms with van der Waals surface area (Å²) >= 11 is 0. The van der Waals surface area contributed by atoms with Gasteiger partial charge in [0.05, 0.1) is 16.4 Å². The van der Waals surface area contributed by atoms with E-state index in [1.165, 1.54) is 36.6 Å². The van der Waals surface area contributed by atoms with Crippen LogP contribution in [0.4, 0.5) is 19.0 Å². The van der Waals surface area contributed by atoms with Gasteiger partial charge >= 0.3 is 6.01 Å². The zero-order valence-corrected chi connectivity index (χ0v) is 26.1. The predicted octanol–water partition coefficient (Wildman–Crippen LogP) is 5.38. The summed E-state index contributed by atoms with van der Waals surface area (Å²) in [6.07, 6.45) is 8.73. The van der Waals surface area contributed by atoms with Crippen LogP contribution in [0.1, 0.15) is 37.7 Å². The van der Waals surface area contributed by atoms with Crippen LogP contribution in [-0.2, 0) is 9.84 Å². The van der Waals surface area contributed by atoms with Gasteiger partial charge in [0.2, 0.25) is 0 Å². The topological polar surface area (TPSA) is 95.9 Å². The lowest BCUT2D eigenvalue weighted by Crippen LogP contribution is -2.43. The molecule has 0 amide bonds. The van der Waals surface area contributed by atoms with E-state index in [-0.39, 0.29) is 46.0 Å². The number of aromatic hydroxyl groups is 1. The van der Waals surface area contributed by atoms with Gasteiger partial charge in [-0.1, -0.05) is 18.1 Å². The van der Waals surface area contributed by atoms with Gasteiger partial charge in [0.25, 0.3) is 0 Å². The van der Waals surface area contributed by atoms with Crippen molar-refractivity contribution in [3.05, 3.63) is 53.6 Å². The SMILES string of the molecule is C#Cc1c(F)ccc2cc(O)cc(-c3ccc4c(N5CCC(S(C)(=O)=O)CC5)nc(OC[C@@]56CCCN5C[C@H](F)C6)nc4c3F)c12. The summed E-state index contributed by atoms with van der Waals surface area (Å²) in [6, 6.07) is 8.53. The lowest BCUT2D eigenvalue weighted by molar-refractivity contribution is 0.107. The second kappa shape index (κ2) is 11.3. The minimum atomic E-state index is -3.23. The molecule has 3 saturated heterocycles. The van der Waals surface area contributed by atoms with Crippen molar-refractivity contribution in [2.24, 2.45) is 0 Å². The van der Waals surface area contributed by atoms with Gasteiger partial charge in [-0.05, 0) is 67.4 Å². The molecular formula is C34H33F3N4O4S. The van der Waals surface area contributed by atoms with Gasteiger partial charge in [0.1, 0.15) is 45.5 Å². The summed E-state index contributed by atoms with van der Waals surface area (Å²) in [6.45, 7) is 2.00. The number of phenolic OH excluding ortho intramolecular Hbond substituents is 1. The highest BCUT2D eigenvalue weighted by molar-refractivity contribution is 7.91.